The molecular formula is C11H15NO3. The third kappa shape index (κ3) is 2.47. The molecule has 0 amide bonds. The number of hydrogen-bond donors (Lipinski definition) is 3. The van der Waals surface area contributed by atoms with Crippen LogP contribution in [0.25, 0.3) is 0 Å². The largest absolute Gasteiger partial charge is 0.486 e. The molecule has 1 heterocycles. The number of rotatable bonds is 3. The third-order valence-corrected chi connectivity index (χ3v) is 2.52. The minimum atomic E-state index is -0.442. The summed E-state index contributed by atoms with van der Waals surface area (Å²) in [6, 6.07) is 7.22. The molecular weight excluding hydrogens is 194 g/mol. The quantitative estimate of drug-likeness (QED) is 0.650. The molecule has 1 aromatic rings. The van der Waals surface area contributed by atoms with E-state index in [9.17, 15) is 5.11 Å². The Bertz CT molecular complexity index is 312. The second kappa shape index (κ2) is 4.61. The summed E-state index contributed by atoms with van der Waals surface area (Å²) in [5.74, 6) is 0.722. The minimum Gasteiger partial charge on any atom is -0.486 e. The highest BCUT2D eigenvalue weighted by Crippen LogP contribution is 2.16. The van der Waals surface area contributed by atoms with Crippen LogP contribution in [0.15, 0.2) is 24.3 Å². The maximum Gasteiger partial charge on any atom is 0.138 e. The average molecular weight is 209 g/mol. The standard InChI is InChI=1S/C11H15NO3/c13-7-8-1-3-9(4-2-8)15-11-6-12-5-10(11)14/h1-4,10-14H,5-7H2. The van der Waals surface area contributed by atoms with E-state index >= 15 is 0 Å². The number of ether oxygens (including phenoxy) is 1. The molecule has 15 heavy (non-hydrogen) atoms. The van der Waals surface area contributed by atoms with Gasteiger partial charge in [-0.05, 0) is 17.7 Å². The van der Waals surface area contributed by atoms with Crippen LogP contribution in [-0.2, 0) is 6.61 Å². The summed E-state index contributed by atoms with van der Waals surface area (Å²) >= 11 is 0. The van der Waals surface area contributed by atoms with Gasteiger partial charge in [-0.15, -0.1) is 0 Å². The van der Waals surface area contributed by atoms with E-state index in [1.54, 1.807) is 12.1 Å². The molecule has 2 unspecified atom stereocenters. The van der Waals surface area contributed by atoms with E-state index in [-0.39, 0.29) is 12.7 Å². The molecule has 1 aromatic carbocycles. The van der Waals surface area contributed by atoms with Gasteiger partial charge in [-0.1, -0.05) is 12.1 Å². The number of benzene rings is 1. The van der Waals surface area contributed by atoms with Gasteiger partial charge in [0.25, 0.3) is 0 Å². The highest BCUT2D eigenvalue weighted by molar-refractivity contribution is 5.27. The molecule has 82 valence electrons. The van der Waals surface area contributed by atoms with Gasteiger partial charge >= 0.3 is 0 Å². The van der Waals surface area contributed by atoms with Gasteiger partial charge in [0, 0.05) is 13.1 Å². The van der Waals surface area contributed by atoms with Crippen molar-refractivity contribution in [3.8, 4) is 5.75 Å². The molecule has 1 fully saturated rings. The van der Waals surface area contributed by atoms with Crippen molar-refractivity contribution >= 4 is 0 Å². The monoisotopic (exact) mass is 209 g/mol. The summed E-state index contributed by atoms with van der Waals surface area (Å²) in [7, 11) is 0. The Morgan fingerprint density at radius 3 is 2.53 bits per heavy atom. The van der Waals surface area contributed by atoms with Crippen molar-refractivity contribution < 1.29 is 14.9 Å². The Labute approximate surface area is 88.5 Å². The average Bonchev–Trinajstić information content (AvgIpc) is 2.66. The summed E-state index contributed by atoms with van der Waals surface area (Å²) in [6.45, 7) is 1.29. The predicted octanol–water partition coefficient (Wildman–Crippen LogP) is -0.110. The summed E-state index contributed by atoms with van der Waals surface area (Å²) in [5.41, 5.74) is 0.854. The Morgan fingerprint density at radius 1 is 1.27 bits per heavy atom. The molecule has 2 rings (SSSR count). The van der Waals surface area contributed by atoms with Crippen molar-refractivity contribution in [3.63, 3.8) is 0 Å². The molecule has 0 radical (unpaired) electrons. The van der Waals surface area contributed by atoms with Gasteiger partial charge in [-0.2, -0.15) is 0 Å². The van der Waals surface area contributed by atoms with Crippen LogP contribution in [0.1, 0.15) is 5.56 Å². The first-order chi connectivity index (χ1) is 7.29. The van der Waals surface area contributed by atoms with Crippen molar-refractivity contribution in [3.05, 3.63) is 29.8 Å². The Morgan fingerprint density at radius 2 is 2.00 bits per heavy atom. The molecule has 0 aliphatic carbocycles. The SMILES string of the molecule is OCc1ccc(OC2CNCC2O)cc1. The van der Waals surface area contributed by atoms with E-state index < -0.39 is 6.10 Å². The fraction of sp³-hybridized carbons (Fsp3) is 0.455. The Balaban J connectivity index is 1.98. The molecule has 3 N–H and O–H groups in total. The second-order valence-corrected chi connectivity index (χ2v) is 3.68. The van der Waals surface area contributed by atoms with Gasteiger partial charge in [0.15, 0.2) is 0 Å². The molecule has 2 atom stereocenters. The molecule has 4 nitrogen and oxygen atoms in total. The summed E-state index contributed by atoms with van der Waals surface area (Å²) < 4.78 is 5.59. The van der Waals surface area contributed by atoms with Crippen molar-refractivity contribution in [2.24, 2.45) is 0 Å². The van der Waals surface area contributed by atoms with E-state index in [1.807, 2.05) is 12.1 Å². The number of nitrogens with one attached hydrogen (secondary N) is 1. The van der Waals surface area contributed by atoms with E-state index in [4.69, 9.17) is 9.84 Å². The topological polar surface area (TPSA) is 61.7 Å². The fourth-order valence-electron chi connectivity index (χ4n) is 1.61. The third-order valence-electron chi connectivity index (χ3n) is 2.52. The molecule has 1 saturated heterocycles. The predicted molar refractivity (Wildman–Crippen MR) is 55.7 cm³/mol. The highest BCUT2D eigenvalue weighted by Gasteiger charge is 2.26. The molecule has 4 heteroatoms. The maximum atomic E-state index is 9.52. The number of β-amino-alcohol motifs (C(OH)–C–C–N with tert-alkyl or cyclic N) is 1. The first-order valence-electron chi connectivity index (χ1n) is 5.05. The lowest BCUT2D eigenvalue weighted by molar-refractivity contribution is 0.0737. The molecule has 1 aliphatic rings. The van der Waals surface area contributed by atoms with E-state index in [2.05, 4.69) is 5.32 Å². The lowest BCUT2D eigenvalue weighted by atomic mass is 10.2. The van der Waals surface area contributed by atoms with Gasteiger partial charge in [-0.3, -0.25) is 0 Å². The summed E-state index contributed by atoms with van der Waals surface area (Å²) in [5, 5.41) is 21.4. The van der Waals surface area contributed by atoms with Gasteiger partial charge in [-0.25, -0.2) is 0 Å². The van der Waals surface area contributed by atoms with E-state index in [1.165, 1.54) is 0 Å². The fourth-order valence-corrected chi connectivity index (χ4v) is 1.61. The molecule has 0 spiro atoms. The summed E-state index contributed by atoms with van der Waals surface area (Å²) in [4.78, 5) is 0. The number of aliphatic hydroxyl groups is 2. The van der Waals surface area contributed by atoms with E-state index in [0.717, 1.165) is 11.3 Å². The second-order valence-electron chi connectivity index (χ2n) is 3.68. The zero-order valence-corrected chi connectivity index (χ0v) is 8.39. The van der Waals surface area contributed by atoms with Crippen LogP contribution in [-0.4, -0.2) is 35.5 Å². The molecule has 1 aliphatic heterocycles. The van der Waals surface area contributed by atoms with E-state index in [0.29, 0.717) is 13.1 Å². The van der Waals surface area contributed by atoms with Crippen molar-refractivity contribution in [2.45, 2.75) is 18.8 Å². The normalized spacial score (nSPS) is 25.5. The number of hydrogen-bond acceptors (Lipinski definition) is 4. The van der Waals surface area contributed by atoms with Crippen LogP contribution in [0.4, 0.5) is 0 Å². The first kappa shape index (κ1) is 10.4. The molecule has 0 aromatic heterocycles. The highest BCUT2D eigenvalue weighted by atomic mass is 16.5. The minimum absolute atomic E-state index is 0.0356. The van der Waals surface area contributed by atoms with Crippen LogP contribution >= 0.6 is 0 Å². The maximum absolute atomic E-state index is 9.52. The van der Waals surface area contributed by atoms with Crippen molar-refractivity contribution in [1.29, 1.82) is 0 Å². The smallest absolute Gasteiger partial charge is 0.138 e. The lowest BCUT2D eigenvalue weighted by Gasteiger charge is -2.16. The molecule has 0 saturated carbocycles. The summed E-state index contributed by atoms with van der Waals surface area (Å²) in [6.07, 6.45) is -0.618. The number of aliphatic hydroxyl groups excluding tert-OH is 2. The van der Waals surface area contributed by atoms with Crippen LogP contribution in [0, 0.1) is 0 Å². The Kier molecular flexibility index (Phi) is 3.20. The van der Waals surface area contributed by atoms with Crippen LogP contribution in [0.2, 0.25) is 0 Å². The zero-order chi connectivity index (χ0) is 10.7. The van der Waals surface area contributed by atoms with Crippen LogP contribution in [0.5, 0.6) is 5.75 Å². The first-order valence-corrected chi connectivity index (χ1v) is 5.05. The molecule has 0 bridgehead atoms. The van der Waals surface area contributed by atoms with Gasteiger partial charge in [0.1, 0.15) is 18.0 Å². The van der Waals surface area contributed by atoms with Gasteiger partial charge in [0.2, 0.25) is 0 Å². The van der Waals surface area contributed by atoms with Crippen LogP contribution < -0.4 is 10.1 Å². The lowest BCUT2D eigenvalue weighted by Crippen LogP contribution is -2.29. The Hall–Kier alpha value is -1.10. The van der Waals surface area contributed by atoms with Crippen molar-refractivity contribution in [2.75, 3.05) is 13.1 Å². The van der Waals surface area contributed by atoms with Gasteiger partial charge in [0.05, 0.1) is 6.61 Å². The zero-order valence-electron chi connectivity index (χ0n) is 8.39. The van der Waals surface area contributed by atoms with Crippen molar-refractivity contribution in [1.82, 2.24) is 5.32 Å². The van der Waals surface area contributed by atoms with Crippen LogP contribution in [0.3, 0.4) is 0 Å². The van der Waals surface area contributed by atoms with Gasteiger partial charge < -0.3 is 20.3 Å².